The Labute approximate surface area is 225 Å². The summed E-state index contributed by atoms with van der Waals surface area (Å²) in [6.07, 6.45) is 0.513. The minimum Gasteiger partial charge on any atom is -0.489 e. The van der Waals surface area contributed by atoms with Crippen molar-refractivity contribution in [3.63, 3.8) is 0 Å². The zero-order valence-electron chi connectivity index (χ0n) is 21.1. The number of amides is 5. The highest BCUT2D eigenvalue weighted by atomic mass is 16.5. The first-order valence-corrected chi connectivity index (χ1v) is 12.6. The van der Waals surface area contributed by atoms with E-state index in [-0.39, 0.29) is 44.0 Å². The van der Waals surface area contributed by atoms with Crippen molar-refractivity contribution < 1.29 is 29.0 Å². The van der Waals surface area contributed by atoms with Gasteiger partial charge in [-0.3, -0.25) is 19.7 Å². The van der Waals surface area contributed by atoms with E-state index in [4.69, 9.17) is 4.74 Å². The van der Waals surface area contributed by atoms with E-state index in [9.17, 15) is 24.3 Å². The maximum absolute atomic E-state index is 12.8. The van der Waals surface area contributed by atoms with Crippen molar-refractivity contribution in [1.82, 2.24) is 15.5 Å². The van der Waals surface area contributed by atoms with Crippen LogP contribution in [0.15, 0.2) is 66.7 Å². The summed E-state index contributed by atoms with van der Waals surface area (Å²) < 4.78 is 5.80. The van der Waals surface area contributed by atoms with Crippen LogP contribution in [0.1, 0.15) is 45.5 Å². The van der Waals surface area contributed by atoms with E-state index in [2.05, 4.69) is 16.0 Å². The number of benzene rings is 3. The maximum atomic E-state index is 12.8. The second kappa shape index (κ2) is 11.4. The number of carbonyl (C=O) groups excluding carboxylic acids is 4. The van der Waals surface area contributed by atoms with Crippen LogP contribution in [0.3, 0.4) is 0 Å². The molecule has 4 N–H and O–H groups in total. The molecule has 0 saturated carbocycles. The molecule has 39 heavy (non-hydrogen) atoms. The molecule has 10 nitrogen and oxygen atoms in total. The van der Waals surface area contributed by atoms with Crippen LogP contribution in [0.25, 0.3) is 0 Å². The summed E-state index contributed by atoms with van der Waals surface area (Å²) >= 11 is 0. The average Bonchev–Trinajstić information content (AvgIpc) is 3.27. The van der Waals surface area contributed by atoms with E-state index in [0.29, 0.717) is 30.0 Å². The lowest BCUT2D eigenvalue weighted by molar-refractivity contribution is -0.136. The number of fused-ring (bicyclic) bond motifs is 1. The van der Waals surface area contributed by atoms with Gasteiger partial charge in [-0.1, -0.05) is 36.4 Å². The number of rotatable bonds is 8. The van der Waals surface area contributed by atoms with Crippen molar-refractivity contribution in [3.05, 3.63) is 94.5 Å². The van der Waals surface area contributed by atoms with Crippen molar-refractivity contribution in [2.45, 2.75) is 45.2 Å². The number of hydrogen-bond donors (Lipinski definition) is 4. The molecule has 5 amide bonds. The topological polar surface area (TPSA) is 137 Å². The third kappa shape index (κ3) is 5.91. The van der Waals surface area contributed by atoms with E-state index in [1.807, 2.05) is 30.3 Å². The van der Waals surface area contributed by atoms with Gasteiger partial charge in [0, 0.05) is 30.8 Å². The Morgan fingerprint density at radius 3 is 2.54 bits per heavy atom. The number of ether oxygens (including phenoxy) is 1. The third-order valence-electron chi connectivity index (χ3n) is 6.84. The smallest absolute Gasteiger partial charge is 0.319 e. The van der Waals surface area contributed by atoms with Crippen molar-refractivity contribution in [1.29, 1.82) is 0 Å². The van der Waals surface area contributed by atoms with Gasteiger partial charge in [0.05, 0.1) is 6.61 Å². The fourth-order valence-corrected chi connectivity index (χ4v) is 4.74. The molecule has 3 aromatic carbocycles. The zero-order valence-corrected chi connectivity index (χ0v) is 21.1. The summed E-state index contributed by atoms with van der Waals surface area (Å²) in [7, 11) is 0. The van der Waals surface area contributed by atoms with Crippen LogP contribution < -0.4 is 20.7 Å². The summed E-state index contributed by atoms with van der Waals surface area (Å²) in [6, 6.07) is 18.8. The Morgan fingerprint density at radius 2 is 1.79 bits per heavy atom. The van der Waals surface area contributed by atoms with Crippen molar-refractivity contribution in [3.8, 4) is 5.75 Å². The summed E-state index contributed by atoms with van der Waals surface area (Å²) in [5.41, 5.74) is 4.43. The predicted molar refractivity (Wildman–Crippen MR) is 141 cm³/mol. The number of nitrogens with zero attached hydrogens (tertiary/aromatic N) is 1. The van der Waals surface area contributed by atoms with Crippen LogP contribution in [-0.4, -0.2) is 39.8 Å². The number of aliphatic hydroxyl groups is 1. The normalized spacial score (nSPS) is 16.5. The number of piperidine rings is 1. The summed E-state index contributed by atoms with van der Waals surface area (Å²) in [5.74, 6) is -0.371. The molecule has 2 aliphatic rings. The van der Waals surface area contributed by atoms with E-state index in [0.717, 1.165) is 22.3 Å². The minimum atomic E-state index is -0.664. The molecule has 0 spiro atoms. The zero-order chi connectivity index (χ0) is 27.4. The maximum Gasteiger partial charge on any atom is 0.319 e. The van der Waals surface area contributed by atoms with Gasteiger partial charge in [-0.05, 0) is 59.0 Å². The number of nitrogens with one attached hydrogen (secondary N) is 3. The molecule has 0 bridgehead atoms. The molecule has 1 fully saturated rings. The summed E-state index contributed by atoms with van der Waals surface area (Å²) in [6.45, 7) is 0.793. The Balaban J connectivity index is 1.12. The summed E-state index contributed by atoms with van der Waals surface area (Å²) in [5, 5.41) is 17.3. The quantitative estimate of drug-likeness (QED) is 0.332. The number of urea groups is 1. The first kappa shape index (κ1) is 25.9. The van der Waals surface area contributed by atoms with Gasteiger partial charge in [0.1, 0.15) is 18.4 Å². The van der Waals surface area contributed by atoms with Gasteiger partial charge in [-0.25, -0.2) is 4.79 Å². The van der Waals surface area contributed by atoms with E-state index in [1.54, 1.807) is 36.4 Å². The molecular weight excluding hydrogens is 500 g/mol. The van der Waals surface area contributed by atoms with Gasteiger partial charge in [-0.15, -0.1) is 0 Å². The monoisotopic (exact) mass is 528 g/mol. The molecule has 3 aromatic rings. The number of imide groups is 1. The molecule has 0 aromatic heterocycles. The molecule has 0 aliphatic carbocycles. The molecular formula is C29H28N4O6. The van der Waals surface area contributed by atoms with Gasteiger partial charge in [0.25, 0.3) is 5.91 Å². The van der Waals surface area contributed by atoms with Crippen LogP contribution >= 0.6 is 0 Å². The lowest BCUT2D eigenvalue weighted by Gasteiger charge is -2.29. The van der Waals surface area contributed by atoms with Crippen LogP contribution in [-0.2, 0) is 35.9 Å². The Hall–Kier alpha value is -4.70. The number of anilines is 1. The van der Waals surface area contributed by atoms with Gasteiger partial charge < -0.3 is 25.4 Å². The van der Waals surface area contributed by atoms with Crippen LogP contribution in [0.2, 0.25) is 0 Å². The molecule has 0 radical (unpaired) electrons. The van der Waals surface area contributed by atoms with Crippen LogP contribution in [0.5, 0.6) is 5.75 Å². The lowest BCUT2D eigenvalue weighted by Crippen LogP contribution is -2.52. The standard InChI is InChI=1S/C29H28N4O6/c34-16-19-3-1-2-4-20(19)17-39-23-8-6-22(7-9-23)31-29(38)30-14-18-5-10-24-21(13-18)15-33(28(24)37)25-11-12-26(35)32-27(25)36/h1-10,13,25,34H,11-12,14-17H2,(H2,30,31,38)(H,32,35,36). The first-order chi connectivity index (χ1) is 18.9. The molecule has 1 atom stereocenters. The van der Waals surface area contributed by atoms with Gasteiger partial charge in [0.2, 0.25) is 11.8 Å². The first-order valence-electron chi connectivity index (χ1n) is 12.6. The van der Waals surface area contributed by atoms with E-state index < -0.39 is 11.9 Å². The van der Waals surface area contributed by atoms with Crippen LogP contribution in [0, 0.1) is 0 Å². The fraction of sp³-hybridized carbons (Fsp3) is 0.241. The molecule has 1 saturated heterocycles. The molecule has 200 valence electrons. The number of hydrogen-bond acceptors (Lipinski definition) is 6. The average molecular weight is 529 g/mol. The number of carbonyl (C=O) groups is 4. The Kier molecular flexibility index (Phi) is 7.55. The molecule has 2 heterocycles. The predicted octanol–water partition coefficient (Wildman–Crippen LogP) is 2.84. The Bertz CT molecular complexity index is 1420. The highest BCUT2D eigenvalue weighted by molar-refractivity contribution is 6.05. The minimum absolute atomic E-state index is 0.0537. The van der Waals surface area contributed by atoms with Crippen molar-refractivity contribution in [2.24, 2.45) is 0 Å². The third-order valence-corrected chi connectivity index (χ3v) is 6.84. The molecule has 5 rings (SSSR count). The van der Waals surface area contributed by atoms with Gasteiger partial charge in [0.15, 0.2) is 0 Å². The van der Waals surface area contributed by atoms with Crippen molar-refractivity contribution in [2.75, 3.05) is 5.32 Å². The highest BCUT2D eigenvalue weighted by Crippen LogP contribution is 2.28. The van der Waals surface area contributed by atoms with Gasteiger partial charge in [-0.2, -0.15) is 0 Å². The second-order valence-corrected chi connectivity index (χ2v) is 9.44. The highest BCUT2D eigenvalue weighted by Gasteiger charge is 2.39. The SMILES string of the molecule is O=C1CCC(N2Cc3cc(CNC(=O)Nc4ccc(OCc5ccccc5CO)cc4)ccc3C2=O)C(=O)N1. The molecule has 2 aliphatic heterocycles. The van der Waals surface area contributed by atoms with Gasteiger partial charge >= 0.3 is 6.03 Å². The lowest BCUT2D eigenvalue weighted by atomic mass is 10.0. The summed E-state index contributed by atoms with van der Waals surface area (Å²) in [4.78, 5) is 50.4. The van der Waals surface area contributed by atoms with E-state index >= 15 is 0 Å². The number of aliphatic hydroxyl groups excluding tert-OH is 1. The largest absolute Gasteiger partial charge is 0.489 e. The van der Waals surface area contributed by atoms with Crippen molar-refractivity contribution >= 4 is 29.4 Å². The van der Waals surface area contributed by atoms with E-state index in [1.165, 1.54) is 4.90 Å². The second-order valence-electron chi connectivity index (χ2n) is 9.44. The fourth-order valence-electron chi connectivity index (χ4n) is 4.74. The molecule has 1 unspecified atom stereocenters. The molecule has 10 heteroatoms. The Morgan fingerprint density at radius 1 is 1.03 bits per heavy atom. The van der Waals surface area contributed by atoms with Crippen LogP contribution in [0.4, 0.5) is 10.5 Å².